The summed E-state index contributed by atoms with van der Waals surface area (Å²) in [7, 11) is 0. The van der Waals surface area contributed by atoms with E-state index in [1.165, 1.54) is 0 Å². The second-order valence-electron chi connectivity index (χ2n) is 3.92. The van der Waals surface area contributed by atoms with Crippen LogP contribution in [-0.4, -0.2) is 21.5 Å². The minimum atomic E-state index is 0.0138. The van der Waals surface area contributed by atoms with Crippen LogP contribution in [0.25, 0.3) is 11.3 Å². The van der Waals surface area contributed by atoms with Crippen molar-refractivity contribution in [1.82, 2.24) is 9.78 Å². The highest BCUT2D eigenvalue weighted by Crippen LogP contribution is 2.25. The molecule has 2 aromatic rings. The number of nitrogen functional groups attached to an aromatic ring is 1. The molecule has 1 aromatic carbocycles. The second kappa shape index (κ2) is 4.77. The molecular weight excluding hydrogens is 238 g/mol. The van der Waals surface area contributed by atoms with Gasteiger partial charge in [0.05, 0.1) is 18.8 Å². The highest BCUT2D eigenvalue weighted by molar-refractivity contribution is 6.30. The first-order chi connectivity index (χ1) is 8.10. The number of aryl methyl sites for hydroxylation is 1. The number of aromatic nitrogens is 2. The number of halogens is 1. The normalized spacial score (nSPS) is 10.8. The van der Waals surface area contributed by atoms with Gasteiger partial charge in [-0.1, -0.05) is 11.6 Å². The van der Waals surface area contributed by atoms with Crippen molar-refractivity contribution in [2.45, 2.75) is 13.5 Å². The SMILES string of the molecule is Cc1cc(Cl)cc(-c2cc(N)n(CCO)n2)c1. The molecule has 4 nitrogen and oxygen atoms in total. The van der Waals surface area contributed by atoms with Gasteiger partial charge in [0.1, 0.15) is 5.82 Å². The number of anilines is 1. The average Bonchev–Trinajstić information content (AvgIpc) is 2.60. The molecule has 1 aromatic heterocycles. The van der Waals surface area contributed by atoms with Crippen molar-refractivity contribution in [3.05, 3.63) is 34.9 Å². The minimum Gasteiger partial charge on any atom is -0.394 e. The third kappa shape index (κ3) is 2.60. The summed E-state index contributed by atoms with van der Waals surface area (Å²) in [4.78, 5) is 0. The Hall–Kier alpha value is -1.52. The number of hydrogen-bond donors (Lipinski definition) is 2. The zero-order valence-electron chi connectivity index (χ0n) is 9.52. The molecule has 0 bridgehead atoms. The zero-order chi connectivity index (χ0) is 12.4. The Morgan fingerprint density at radius 3 is 2.76 bits per heavy atom. The molecule has 5 heteroatoms. The molecule has 0 aliphatic carbocycles. The van der Waals surface area contributed by atoms with Crippen LogP contribution >= 0.6 is 11.6 Å². The van der Waals surface area contributed by atoms with E-state index in [0.29, 0.717) is 17.4 Å². The fourth-order valence-electron chi connectivity index (χ4n) is 1.73. The predicted molar refractivity (Wildman–Crippen MR) is 68.9 cm³/mol. The van der Waals surface area contributed by atoms with Crippen molar-refractivity contribution < 1.29 is 5.11 Å². The Morgan fingerprint density at radius 1 is 1.35 bits per heavy atom. The van der Waals surface area contributed by atoms with Crippen LogP contribution in [-0.2, 0) is 6.54 Å². The predicted octanol–water partition coefficient (Wildman–Crippen LogP) is 2.09. The number of benzene rings is 1. The van der Waals surface area contributed by atoms with E-state index in [1.54, 1.807) is 10.7 Å². The lowest BCUT2D eigenvalue weighted by molar-refractivity contribution is 0.270. The Morgan fingerprint density at radius 2 is 2.12 bits per heavy atom. The van der Waals surface area contributed by atoms with E-state index < -0.39 is 0 Å². The van der Waals surface area contributed by atoms with Crippen LogP contribution in [0.1, 0.15) is 5.56 Å². The van der Waals surface area contributed by atoms with E-state index in [-0.39, 0.29) is 6.61 Å². The first-order valence-electron chi connectivity index (χ1n) is 5.32. The van der Waals surface area contributed by atoms with Crippen molar-refractivity contribution in [3.8, 4) is 11.3 Å². The van der Waals surface area contributed by atoms with Gasteiger partial charge in [0.2, 0.25) is 0 Å². The van der Waals surface area contributed by atoms with Gasteiger partial charge in [-0.15, -0.1) is 0 Å². The van der Waals surface area contributed by atoms with Gasteiger partial charge in [-0.2, -0.15) is 5.10 Å². The van der Waals surface area contributed by atoms with Crippen molar-refractivity contribution in [2.75, 3.05) is 12.3 Å². The summed E-state index contributed by atoms with van der Waals surface area (Å²) in [5, 5.41) is 13.9. The fraction of sp³-hybridized carbons (Fsp3) is 0.250. The summed E-state index contributed by atoms with van der Waals surface area (Å²) >= 11 is 6.00. The number of nitrogens with two attached hydrogens (primary N) is 1. The number of aliphatic hydroxyl groups excluding tert-OH is 1. The molecule has 90 valence electrons. The van der Waals surface area contributed by atoms with Crippen LogP contribution in [0.5, 0.6) is 0 Å². The first kappa shape index (κ1) is 12.0. The largest absolute Gasteiger partial charge is 0.394 e. The molecule has 0 atom stereocenters. The summed E-state index contributed by atoms with van der Waals surface area (Å²) in [5.74, 6) is 0.534. The molecular formula is C12H14ClN3O. The standard InChI is InChI=1S/C12H14ClN3O/c1-8-4-9(6-10(13)5-8)11-7-12(14)16(15-11)2-3-17/h4-7,17H,2-3,14H2,1H3. The van der Waals surface area contributed by atoms with Crippen LogP contribution < -0.4 is 5.73 Å². The van der Waals surface area contributed by atoms with Crippen molar-refractivity contribution in [2.24, 2.45) is 0 Å². The maximum atomic E-state index is 8.87. The summed E-state index contributed by atoms with van der Waals surface area (Å²) < 4.78 is 1.57. The molecule has 0 spiro atoms. The molecule has 0 radical (unpaired) electrons. The second-order valence-corrected chi connectivity index (χ2v) is 4.35. The van der Waals surface area contributed by atoms with Gasteiger partial charge >= 0.3 is 0 Å². The van der Waals surface area contributed by atoms with Crippen molar-refractivity contribution in [1.29, 1.82) is 0 Å². The Balaban J connectivity index is 2.42. The van der Waals surface area contributed by atoms with E-state index in [4.69, 9.17) is 22.4 Å². The number of nitrogens with zero attached hydrogens (tertiary/aromatic N) is 2. The number of rotatable bonds is 3. The van der Waals surface area contributed by atoms with Gasteiger partial charge < -0.3 is 10.8 Å². The van der Waals surface area contributed by atoms with Crippen molar-refractivity contribution >= 4 is 17.4 Å². The maximum absolute atomic E-state index is 8.87. The van der Waals surface area contributed by atoms with Gasteiger partial charge in [-0.25, -0.2) is 4.68 Å². The van der Waals surface area contributed by atoms with E-state index in [0.717, 1.165) is 16.8 Å². The van der Waals surface area contributed by atoms with Gasteiger partial charge in [0.15, 0.2) is 0 Å². The third-order valence-corrected chi connectivity index (χ3v) is 2.68. The quantitative estimate of drug-likeness (QED) is 0.878. The van der Waals surface area contributed by atoms with Gasteiger partial charge in [-0.3, -0.25) is 0 Å². The number of aliphatic hydroxyl groups is 1. The highest BCUT2D eigenvalue weighted by atomic mass is 35.5. The fourth-order valence-corrected chi connectivity index (χ4v) is 2.02. The molecule has 0 amide bonds. The first-order valence-corrected chi connectivity index (χ1v) is 5.69. The van der Waals surface area contributed by atoms with Gasteiger partial charge in [0.25, 0.3) is 0 Å². The molecule has 0 aliphatic heterocycles. The zero-order valence-corrected chi connectivity index (χ0v) is 10.3. The minimum absolute atomic E-state index is 0.0138. The summed E-state index contributed by atoms with van der Waals surface area (Å²) in [5.41, 5.74) is 8.56. The lowest BCUT2D eigenvalue weighted by atomic mass is 10.1. The Labute approximate surface area is 105 Å². The molecule has 3 N–H and O–H groups in total. The van der Waals surface area contributed by atoms with Crippen molar-refractivity contribution in [3.63, 3.8) is 0 Å². The lowest BCUT2D eigenvalue weighted by Crippen LogP contribution is -2.07. The lowest BCUT2D eigenvalue weighted by Gasteiger charge is -2.01. The summed E-state index contributed by atoms with van der Waals surface area (Å²) in [6, 6.07) is 7.51. The van der Waals surface area contributed by atoms with E-state index in [1.807, 2.05) is 25.1 Å². The topological polar surface area (TPSA) is 64.1 Å². The molecule has 0 aliphatic rings. The van der Waals surface area contributed by atoms with Crippen LogP contribution in [0.4, 0.5) is 5.82 Å². The monoisotopic (exact) mass is 251 g/mol. The smallest absolute Gasteiger partial charge is 0.122 e. The molecule has 1 heterocycles. The molecule has 0 unspecified atom stereocenters. The summed E-state index contributed by atoms with van der Waals surface area (Å²) in [6.07, 6.45) is 0. The molecule has 0 fully saturated rings. The molecule has 17 heavy (non-hydrogen) atoms. The number of hydrogen-bond acceptors (Lipinski definition) is 3. The van der Waals surface area contributed by atoms with Crippen LogP contribution in [0.15, 0.2) is 24.3 Å². The molecule has 0 saturated carbocycles. The van der Waals surface area contributed by atoms with Crippen LogP contribution in [0.2, 0.25) is 5.02 Å². The van der Waals surface area contributed by atoms with Gasteiger partial charge in [-0.05, 0) is 30.7 Å². The summed E-state index contributed by atoms with van der Waals surface area (Å²) in [6.45, 7) is 2.38. The molecule has 2 rings (SSSR count). The third-order valence-electron chi connectivity index (χ3n) is 2.46. The Bertz CT molecular complexity index is 516. The Kier molecular flexibility index (Phi) is 3.36. The highest BCUT2D eigenvalue weighted by Gasteiger charge is 2.07. The van der Waals surface area contributed by atoms with E-state index in [9.17, 15) is 0 Å². The average molecular weight is 252 g/mol. The van der Waals surface area contributed by atoms with E-state index >= 15 is 0 Å². The van der Waals surface area contributed by atoms with E-state index in [2.05, 4.69) is 5.10 Å². The van der Waals surface area contributed by atoms with Crippen LogP contribution in [0, 0.1) is 6.92 Å². The maximum Gasteiger partial charge on any atom is 0.122 e. The van der Waals surface area contributed by atoms with Crippen LogP contribution in [0.3, 0.4) is 0 Å². The molecule has 0 saturated heterocycles. The van der Waals surface area contributed by atoms with Gasteiger partial charge in [0, 0.05) is 16.7 Å².